The van der Waals surface area contributed by atoms with Crippen molar-refractivity contribution in [2.24, 2.45) is 5.14 Å². The highest BCUT2D eigenvalue weighted by Gasteiger charge is 2.28. The van der Waals surface area contributed by atoms with E-state index in [2.05, 4.69) is 16.0 Å². The number of pyridine rings is 2. The van der Waals surface area contributed by atoms with Crippen LogP contribution in [0.3, 0.4) is 0 Å². The molecule has 1 aliphatic heterocycles. The van der Waals surface area contributed by atoms with Gasteiger partial charge in [-0.25, -0.2) is 27.9 Å². The van der Waals surface area contributed by atoms with Crippen LogP contribution < -0.4 is 14.8 Å². The fraction of sp³-hybridized carbons (Fsp3) is 0.250. The molecule has 5 rings (SSSR count). The topological polar surface area (TPSA) is 142 Å². The van der Waals surface area contributed by atoms with E-state index in [0.29, 0.717) is 27.6 Å². The second kappa shape index (κ2) is 10.2. The maximum absolute atomic E-state index is 14.4. The van der Waals surface area contributed by atoms with Gasteiger partial charge < -0.3 is 14.7 Å². The lowest BCUT2D eigenvalue weighted by molar-refractivity contribution is 0.220. The van der Waals surface area contributed by atoms with Crippen LogP contribution in [0.15, 0.2) is 59.6 Å². The molecule has 0 radical (unpaired) electrons. The summed E-state index contributed by atoms with van der Waals surface area (Å²) in [7, 11) is -4.38. The molecular weight excluding hydrogens is 521 g/mol. The third-order valence-electron chi connectivity index (χ3n) is 6.88. The number of benzene rings is 2. The van der Waals surface area contributed by atoms with Gasteiger partial charge >= 0.3 is 0 Å². The molecule has 3 N–H and O–H groups in total. The van der Waals surface area contributed by atoms with E-state index in [9.17, 15) is 23.2 Å². The second-order valence-corrected chi connectivity index (χ2v) is 11.0. The molecule has 3 heterocycles. The van der Waals surface area contributed by atoms with Crippen LogP contribution in [0.1, 0.15) is 36.3 Å². The Kier molecular flexibility index (Phi) is 6.94. The number of nitrogens with zero attached hydrogens (tertiary/aromatic N) is 4. The number of fused-ring (bicyclic) bond motifs is 1. The Morgan fingerprint density at radius 3 is 2.69 bits per heavy atom. The van der Waals surface area contributed by atoms with Crippen LogP contribution in [-0.4, -0.2) is 42.7 Å². The minimum Gasteiger partial charge on any atom is -0.484 e. The first-order chi connectivity index (χ1) is 18.6. The van der Waals surface area contributed by atoms with E-state index in [1.807, 2.05) is 42.2 Å². The highest BCUT2D eigenvalue weighted by molar-refractivity contribution is 7.89. The molecule has 2 aromatic heterocycles. The summed E-state index contributed by atoms with van der Waals surface area (Å²) in [4.78, 5) is 10.5. The summed E-state index contributed by atoms with van der Waals surface area (Å²) in [5.41, 5.74) is 3.56. The maximum atomic E-state index is 14.4. The van der Waals surface area contributed by atoms with Gasteiger partial charge in [-0.3, -0.25) is 0 Å². The molecule has 39 heavy (non-hydrogen) atoms. The smallest absolute Gasteiger partial charge is 0.244 e. The SMILES string of the molecule is Cc1cc(C(C)Oc2cccc(F)c2S(N)(=O)=O)c2cc(-c3ccc(N4CC[C@@H]4CO)nc3)c(C#N)nc2c1. The van der Waals surface area contributed by atoms with E-state index in [1.165, 1.54) is 12.1 Å². The van der Waals surface area contributed by atoms with Gasteiger partial charge in [0, 0.05) is 34.8 Å². The second-order valence-electron chi connectivity index (χ2n) is 9.51. The molecule has 2 aromatic carbocycles. The molecule has 200 valence electrons. The van der Waals surface area contributed by atoms with Crippen molar-refractivity contribution in [2.75, 3.05) is 18.1 Å². The molecule has 1 saturated heterocycles. The summed E-state index contributed by atoms with van der Waals surface area (Å²) in [6.45, 7) is 4.46. The van der Waals surface area contributed by atoms with E-state index in [1.54, 1.807) is 13.1 Å². The van der Waals surface area contributed by atoms with Gasteiger partial charge in [0.25, 0.3) is 0 Å². The van der Waals surface area contributed by atoms with Crippen molar-refractivity contribution in [1.82, 2.24) is 9.97 Å². The number of nitriles is 1. The number of aliphatic hydroxyl groups excluding tert-OH is 1. The number of halogens is 1. The van der Waals surface area contributed by atoms with Gasteiger partial charge in [-0.15, -0.1) is 0 Å². The normalized spacial score (nSPS) is 16.0. The molecule has 0 spiro atoms. The number of anilines is 1. The Hall–Kier alpha value is -4.11. The van der Waals surface area contributed by atoms with E-state index in [-0.39, 0.29) is 24.1 Å². The Bertz CT molecular complexity index is 1720. The van der Waals surface area contributed by atoms with E-state index in [0.717, 1.165) is 30.4 Å². The predicted octanol–water partition coefficient (Wildman–Crippen LogP) is 3.97. The van der Waals surface area contributed by atoms with Crippen LogP contribution in [0.4, 0.5) is 10.2 Å². The molecule has 9 nitrogen and oxygen atoms in total. The maximum Gasteiger partial charge on any atom is 0.244 e. The van der Waals surface area contributed by atoms with Gasteiger partial charge in [0.2, 0.25) is 10.0 Å². The fourth-order valence-corrected chi connectivity index (χ4v) is 5.59. The van der Waals surface area contributed by atoms with E-state index in [4.69, 9.17) is 9.88 Å². The molecule has 0 bridgehead atoms. The molecule has 0 amide bonds. The van der Waals surface area contributed by atoms with Crippen molar-refractivity contribution in [1.29, 1.82) is 5.26 Å². The molecule has 2 atom stereocenters. The number of primary sulfonamides is 1. The number of ether oxygens (including phenoxy) is 1. The fourth-order valence-electron chi connectivity index (χ4n) is 4.85. The Labute approximate surface area is 225 Å². The van der Waals surface area contributed by atoms with E-state index < -0.39 is 26.8 Å². The van der Waals surface area contributed by atoms with E-state index >= 15 is 0 Å². The third-order valence-corrected chi connectivity index (χ3v) is 7.85. The summed E-state index contributed by atoms with van der Waals surface area (Å²) in [5.74, 6) is -0.456. The summed E-state index contributed by atoms with van der Waals surface area (Å²) >= 11 is 0. The summed E-state index contributed by atoms with van der Waals surface area (Å²) in [6, 6.07) is 15.2. The van der Waals surface area contributed by atoms with Gasteiger partial charge in [-0.2, -0.15) is 5.26 Å². The molecule has 0 aliphatic carbocycles. The number of aliphatic hydroxyl groups is 1. The number of hydrogen-bond donors (Lipinski definition) is 2. The standard InChI is InChI=1S/C28H26FN5O4S/c1-16-10-20(17(2)38-26-5-3-4-23(29)28(26)39(31,36)37)22-12-21(25(13-30)33-24(22)11-16)18-6-7-27(32-14-18)34-9-8-19(34)15-35/h3-7,10-12,14,17,19,35H,8-9,15H2,1-2H3,(H2,31,36,37)/t17?,19-/m1/s1. The predicted molar refractivity (Wildman–Crippen MR) is 144 cm³/mol. The number of aromatic nitrogens is 2. The van der Waals surface area contributed by atoms with Crippen molar-refractivity contribution >= 4 is 26.7 Å². The molecule has 1 aliphatic rings. The molecule has 1 fully saturated rings. The first kappa shape index (κ1) is 26.5. The summed E-state index contributed by atoms with van der Waals surface area (Å²) in [6.07, 6.45) is 1.86. The Balaban J connectivity index is 1.57. The van der Waals surface area contributed by atoms with Crippen molar-refractivity contribution in [2.45, 2.75) is 37.3 Å². The minimum atomic E-state index is -4.38. The highest BCUT2D eigenvalue weighted by Crippen LogP contribution is 2.36. The Morgan fingerprint density at radius 2 is 2.08 bits per heavy atom. The number of sulfonamides is 1. The van der Waals surface area contributed by atoms with Crippen LogP contribution in [0.25, 0.3) is 22.0 Å². The lowest BCUT2D eigenvalue weighted by Gasteiger charge is -2.40. The quantitative estimate of drug-likeness (QED) is 0.354. The van der Waals surface area contributed by atoms with Gasteiger partial charge in [-0.05, 0) is 62.2 Å². The third kappa shape index (κ3) is 5.02. The zero-order valence-electron chi connectivity index (χ0n) is 21.3. The van der Waals surface area contributed by atoms with Crippen molar-refractivity contribution in [3.63, 3.8) is 0 Å². The van der Waals surface area contributed by atoms with Crippen molar-refractivity contribution < 1.29 is 22.7 Å². The van der Waals surface area contributed by atoms with Crippen molar-refractivity contribution in [3.05, 3.63) is 77.4 Å². The monoisotopic (exact) mass is 547 g/mol. The largest absolute Gasteiger partial charge is 0.484 e. The average molecular weight is 548 g/mol. The van der Waals surface area contributed by atoms with Crippen molar-refractivity contribution in [3.8, 4) is 22.9 Å². The van der Waals surface area contributed by atoms with Gasteiger partial charge in [0.15, 0.2) is 4.90 Å². The zero-order chi connectivity index (χ0) is 27.9. The van der Waals surface area contributed by atoms with Crippen LogP contribution in [0.5, 0.6) is 5.75 Å². The molecule has 4 aromatic rings. The zero-order valence-corrected chi connectivity index (χ0v) is 22.1. The van der Waals surface area contributed by atoms with Crippen LogP contribution >= 0.6 is 0 Å². The van der Waals surface area contributed by atoms with Gasteiger partial charge in [-0.1, -0.05) is 12.1 Å². The van der Waals surface area contributed by atoms with Crippen LogP contribution in [0.2, 0.25) is 0 Å². The molecule has 11 heteroatoms. The molecule has 0 saturated carbocycles. The van der Waals surface area contributed by atoms with Crippen LogP contribution in [-0.2, 0) is 10.0 Å². The van der Waals surface area contributed by atoms with Crippen LogP contribution in [0, 0.1) is 24.1 Å². The highest BCUT2D eigenvalue weighted by atomic mass is 32.2. The Morgan fingerprint density at radius 1 is 1.28 bits per heavy atom. The average Bonchev–Trinajstić information content (AvgIpc) is 2.86. The lowest BCUT2D eigenvalue weighted by atomic mass is 9.96. The molecular formula is C28H26FN5O4S. The minimum absolute atomic E-state index is 0.0560. The summed E-state index contributed by atoms with van der Waals surface area (Å²) < 4.78 is 44.4. The van der Waals surface area contributed by atoms with Gasteiger partial charge in [0.05, 0.1) is 18.2 Å². The number of aryl methyl sites for hydroxylation is 1. The molecule has 1 unspecified atom stereocenters. The number of nitrogens with two attached hydrogens (primary N) is 1. The summed E-state index contributed by atoms with van der Waals surface area (Å²) in [5, 5.41) is 25.3. The lowest BCUT2D eigenvalue weighted by Crippen LogP contribution is -2.50. The number of hydrogen-bond acceptors (Lipinski definition) is 8. The first-order valence-corrected chi connectivity index (χ1v) is 13.8. The van der Waals surface area contributed by atoms with Gasteiger partial charge in [0.1, 0.15) is 35.3 Å². The first-order valence-electron chi connectivity index (χ1n) is 12.3. The number of rotatable bonds is 7.